The van der Waals surface area contributed by atoms with Gasteiger partial charge in [-0.2, -0.15) is 13.5 Å². The molecule has 0 spiro atoms. The Balaban J connectivity index is 2.35. The van der Waals surface area contributed by atoms with Crippen LogP contribution < -0.4 is 14.8 Å². The number of sulfonamides is 1. The Bertz CT molecular complexity index is 730. The van der Waals surface area contributed by atoms with E-state index in [1.54, 1.807) is 25.2 Å². The van der Waals surface area contributed by atoms with E-state index in [0.29, 0.717) is 28.0 Å². The first kappa shape index (κ1) is 15.8. The molecule has 0 radical (unpaired) electrons. The number of nitrogens with one attached hydrogen (secondary N) is 3. The van der Waals surface area contributed by atoms with Crippen LogP contribution >= 0.6 is 15.9 Å². The average molecular weight is 375 g/mol. The van der Waals surface area contributed by atoms with E-state index in [4.69, 9.17) is 4.74 Å². The lowest BCUT2D eigenvalue weighted by Crippen LogP contribution is -2.17. The molecule has 7 nitrogen and oxygen atoms in total. The Labute approximate surface area is 131 Å². The normalized spacial score (nSPS) is 11.4. The minimum atomic E-state index is -3.76. The van der Waals surface area contributed by atoms with Gasteiger partial charge in [-0.25, -0.2) is 0 Å². The van der Waals surface area contributed by atoms with Crippen LogP contribution in [0.4, 0.5) is 5.69 Å². The smallest absolute Gasteiger partial charge is 0.279 e. The summed E-state index contributed by atoms with van der Waals surface area (Å²) < 4.78 is 33.1. The van der Waals surface area contributed by atoms with Gasteiger partial charge in [-0.05, 0) is 35.1 Å². The quantitative estimate of drug-likeness (QED) is 0.714. The van der Waals surface area contributed by atoms with Crippen LogP contribution in [0.25, 0.3) is 0 Å². The fraction of sp³-hybridized carbons (Fsp3) is 0.250. The summed E-state index contributed by atoms with van der Waals surface area (Å²) in [7, 11) is -0.517. The number of benzene rings is 1. The van der Waals surface area contributed by atoms with Gasteiger partial charge in [0.2, 0.25) is 0 Å². The lowest BCUT2D eigenvalue weighted by molar-refractivity contribution is 0.415. The largest absolute Gasteiger partial charge is 0.497 e. The Morgan fingerprint density at radius 2 is 2.19 bits per heavy atom. The molecule has 3 N–H and O–H groups in total. The molecule has 0 aliphatic carbocycles. The van der Waals surface area contributed by atoms with Crippen molar-refractivity contribution in [3.63, 3.8) is 0 Å². The molecule has 114 valence electrons. The van der Waals surface area contributed by atoms with Crippen molar-refractivity contribution >= 4 is 31.6 Å². The number of halogens is 1. The van der Waals surface area contributed by atoms with Crippen molar-refractivity contribution in [3.05, 3.63) is 34.4 Å². The van der Waals surface area contributed by atoms with Crippen LogP contribution in [0.1, 0.15) is 5.56 Å². The third-order valence-electron chi connectivity index (χ3n) is 2.73. The monoisotopic (exact) mass is 374 g/mol. The molecule has 1 aromatic carbocycles. The predicted octanol–water partition coefficient (Wildman–Crippen LogP) is 1.70. The SMILES string of the molecule is CNCc1cn[nH]c1S(=O)(=O)Nc1cc(OC)ccc1Br. The zero-order valence-electron chi connectivity index (χ0n) is 11.5. The number of aromatic nitrogens is 2. The summed E-state index contributed by atoms with van der Waals surface area (Å²) in [4.78, 5) is 0. The van der Waals surface area contributed by atoms with Crippen molar-refractivity contribution in [2.75, 3.05) is 18.9 Å². The van der Waals surface area contributed by atoms with E-state index in [-0.39, 0.29) is 5.03 Å². The summed E-state index contributed by atoms with van der Waals surface area (Å²) in [6.07, 6.45) is 1.48. The first-order chi connectivity index (χ1) is 9.97. The van der Waals surface area contributed by atoms with E-state index in [2.05, 4.69) is 36.2 Å². The fourth-order valence-electron chi connectivity index (χ4n) is 1.75. The molecule has 0 amide bonds. The summed E-state index contributed by atoms with van der Waals surface area (Å²) in [5.41, 5.74) is 0.948. The lowest BCUT2D eigenvalue weighted by atomic mass is 10.3. The van der Waals surface area contributed by atoms with Crippen LogP contribution in [0.15, 0.2) is 33.9 Å². The molecule has 2 rings (SSSR count). The Morgan fingerprint density at radius 1 is 1.43 bits per heavy atom. The van der Waals surface area contributed by atoms with Gasteiger partial charge < -0.3 is 10.1 Å². The highest BCUT2D eigenvalue weighted by Gasteiger charge is 2.21. The second-order valence-electron chi connectivity index (χ2n) is 4.21. The Morgan fingerprint density at radius 3 is 2.86 bits per heavy atom. The highest BCUT2D eigenvalue weighted by Crippen LogP contribution is 2.29. The Hall–Kier alpha value is -1.58. The first-order valence-corrected chi connectivity index (χ1v) is 8.28. The van der Waals surface area contributed by atoms with E-state index in [9.17, 15) is 8.42 Å². The van der Waals surface area contributed by atoms with Gasteiger partial charge in [-0.15, -0.1) is 0 Å². The summed E-state index contributed by atoms with van der Waals surface area (Å²) in [5, 5.41) is 9.22. The molecule has 0 unspecified atom stereocenters. The number of nitrogens with zero attached hydrogens (tertiary/aromatic N) is 1. The number of rotatable bonds is 6. The standard InChI is InChI=1S/C12H15BrN4O3S/c1-14-6-8-7-15-16-12(8)21(18,19)17-11-5-9(20-2)3-4-10(11)13/h3-5,7,14,17H,6H2,1-2H3,(H,15,16). The lowest BCUT2D eigenvalue weighted by Gasteiger charge is -2.11. The zero-order valence-corrected chi connectivity index (χ0v) is 13.9. The van der Waals surface area contributed by atoms with E-state index >= 15 is 0 Å². The predicted molar refractivity (Wildman–Crippen MR) is 82.9 cm³/mol. The van der Waals surface area contributed by atoms with E-state index in [1.165, 1.54) is 13.3 Å². The van der Waals surface area contributed by atoms with Crippen molar-refractivity contribution < 1.29 is 13.2 Å². The average Bonchev–Trinajstić information content (AvgIpc) is 2.91. The van der Waals surface area contributed by atoms with Crippen molar-refractivity contribution in [2.24, 2.45) is 0 Å². The van der Waals surface area contributed by atoms with E-state index in [1.807, 2.05) is 0 Å². The maximum Gasteiger partial charge on any atom is 0.279 e. The summed E-state index contributed by atoms with van der Waals surface area (Å²) in [5.74, 6) is 0.552. The number of hydrogen-bond acceptors (Lipinski definition) is 5. The third-order valence-corrected chi connectivity index (χ3v) is 4.80. The van der Waals surface area contributed by atoms with Gasteiger partial charge in [0.25, 0.3) is 10.0 Å². The molecule has 0 saturated carbocycles. The van der Waals surface area contributed by atoms with Gasteiger partial charge in [-0.1, -0.05) is 0 Å². The molecule has 0 fully saturated rings. The molecule has 9 heteroatoms. The van der Waals surface area contributed by atoms with Crippen molar-refractivity contribution in [3.8, 4) is 5.75 Å². The Kier molecular flexibility index (Phi) is 4.86. The van der Waals surface area contributed by atoms with Crippen LogP contribution in [0.3, 0.4) is 0 Å². The van der Waals surface area contributed by atoms with Gasteiger partial charge in [0.15, 0.2) is 5.03 Å². The number of methoxy groups -OCH3 is 1. The van der Waals surface area contributed by atoms with Gasteiger partial charge in [-0.3, -0.25) is 9.82 Å². The molecule has 0 aliphatic heterocycles. The summed E-state index contributed by atoms with van der Waals surface area (Å²) >= 11 is 3.30. The van der Waals surface area contributed by atoms with E-state index in [0.717, 1.165) is 0 Å². The minimum Gasteiger partial charge on any atom is -0.497 e. The van der Waals surface area contributed by atoms with Crippen molar-refractivity contribution in [1.82, 2.24) is 15.5 Å². The second-order valence-corrected chi connectivity index (χ2v) is 6.68. The highest BCUT2D eigenvalue weighted by atomic mass is 79.9. The molecule has 0 bridgehead atoms. The first-order valence-electron chi connectivity index (χ1n) is 6.01. The molecule has 2 aromatic rings. The summed E-state index contributed by atoms with van der Waals surface area (Å²) in [6.45, 7) is 0.395. The molecule has 1 aromatic heterocycles. The van der Waals surface area contributed by atoms with Gasteiger partial charge >= 0.3 is 0 Å². The molecule has 0 atom stereocenters. The third kappa shape index (κ3) is 3.55. The van der Waals surface area contributed by atoms with Crippen LogP contribution in [0, 0.1) is 0 Å². The highest BCUT2D eigenvalue weighted by molar-refractivity contribution is 9.10. The van der Waals surface area contributed by atoms with Gasteiger partial charge in [0.1, 0.15) is 5.75 Å². The molecule has 0 saturated heterocycles. The summed E-state index contributed by atoms with van der Waals surface area (Å²) in [6, 6.07) is 5.03. The maximum absolute atomic E-state index is 12.4. The molecule has 21 heavy (non-hydrogen) atoms. The number of hydrogen-bond donors (Lipinski definition) is 3. The topological polar surface area (TPSA) is 96.1 Å². The molecular weight excluding hydrogens is 360 g/mol. The molecule has 0 aliphatic rings. The molecule has 1 heterocycles. The molecular formula is C12H15BrN4O3S. The van der Waals surface area contributed by atoms with E-state index < -0.39 is 10.0 Å². The number of anilines is 1. The van der Waals surface area contributed by atoms with Gasteiger partial charge in [0, 0.05) is 22.6 Å². The van der Waals surface area contributed by atoms with Crippen LogP contribution in [0.2, 0.25) is 0 Å². The number of H-pyrrole nitrogens is 1. The van der Waals surface area contributed by atoms with Crippen molar-refractivity contribution in [1.29, 1.82) is 0 Å². The van der Waals surface area contributed by atoms with Crippen molar-refractivity contribution in [2.45, 2.75) is 11.6 Å². The zero-order chi connectivity index (χ0) is 15.5. The van der Waals surface area contributed by atoms with Gasteiger partial charge in [0.05, 0.1) is 19.0 Å². The minimum absolute atomic E-state index is 0.0339. The van der Waals surface area contributed by atoms with Crippen LogP contribution in [-0.2, 0) is 16.6 Å². The second kappa shape index (κ2) is 6.46. The fourth-order valence-corrected chi connectivity index (χ4v) is 3.43. The number of ether oxygens (including phenoxy) is 1. The maximum atomic E-state index is 12.4. The van der Waals surface area contributed by atoms with Crippen LogP contribution in [0.5, 0.6) is 5.75 Å². The number of aromatic amines is 1. The van der Waals surface area contributed by atoms with Crippen LogP contribution in [-0.4, -0.2) is 32.8 Å².